The van der Waals surface area contributed by atoms with E-state index >= 15 is 0 Å². The molecule has 0 spiro atoms. The number of rotatable bonds is 9. The maximum atomic E-state index is 12.4. The van der Waals surface area contributed by atoms with Crippen molar-refractivity contribution >= 4 is 29.7 Å². The van der Waals surface area contributed by atoms with Gasteiger partial charge in [-0.05, 0) is 33.3 Å². The predicted molar refractivity (Wildman–Crippen MR) is 105 cm³/mol. The third kappa shape index (κ3) is 10.5. The van der Waals surface area contributed by atoms with Gasteiger partial charge in [-0.15, -0.1) is 0 Å². The van der Waals surface area contributed by atoms with Gasteiger partial charge in [0.25, 0.3) is 0 Å². The predicted octanol–water partition coefficient (Wildman–Crippen LogP) is 2.49. The average molecular weight is 397 g/mol. The minimum Gasteiger partial charge on any atom is -0.465 e. The van der Waals surface area contributed by atoms with Gasteiger partial charge in [0, 0.05) is 11.5 Å². The van der Waals surface area contributed by atoms with Crippen molar-refractivity contribution in [2.75, 3.05) is 18.9 Å². The fourth-order valence-electron chi connectivity index (χ4n) is 2.00. The molecule has 0 radical (unpaired) electrons. The SMILES string of the molecule is CCOC(=O)CNC(=O)C(CSCc1ccccc1)NC(=O)OC(C)(C)C. The summed E-state index contributed by atoms with van der Waals surface area (Å²) >= 11 is 1.50. The van der Waals surface area contributed by atoms with E-state index in [0.717, 1.165) is 5.56 Å². The molecule has 1 atom stereocenters. The second-order valence-electron chi connectivity index (χ2n) is 6.72. The smallest absolute Gasteiger partial charge is 0.408 e. The maximum Gasteiger partial charge on any atom is 0.408 e. The lowest BCUT2D eigenvalue weighted by Gasteiger charge is -2.23. The summed E-state index contributed by atoms with van der Waals surface area (Å²) < 4.78 is 10.0. The maximum absolute atomic E-state index is 12.4. The summed E-state index contributed by atoms with van der Waals surface area (Å²) in [6.45, 7) is 6.91. The summed E-state index contributed by atoms with van der Waals surface area (Å²) in [6, 6.07) is 8.97. The lowest BCUT2D eigenvalue weighted by atomic mass is 10.2. The monoisotopic (exact) mass is 396 g/mol. The molecule has 1 unspecified atom stereocenters. The van der Waals surface area contributed by atoms with Crippen molar-refractivity contribution in [1.82, 2.24) is 10.6 Å². The molecular weight excluding hydrogens is 368 g/mol. The number of nitrogens with one attached hydrogen (secondary N) is 2. The lowest BCUT2D eigenvalue weighted by molar-refractivity contribution is -0.143. The molecule has 0 aromatic heterocycles. The van der Waals surface area contributed by atoms with Crippen LogP contribution in [0.5, 0.6) is 0 Å². The molecule has 2 amide bonds. The molecule has 0 aliphatic carbocycles. The topological polar surface area (TPSA) is 93.7 Å². The van der Waals surface area contributed by atoms with Crippen molar-refractivity contribution in [3.05, 3.63) is 35.9 Å². The zero-order chi connectivity index (χ0) is 20.3. The van der Waals surface area contributed by atoms with E-state index < -0.39 is 29.6 Å². The molecule has 8 heteroatoms. The second-order valence-corrected chi connectivity index (χ2v) is 7.75. The van der Waals surface area contributed by atoms with Crippen molar-refractivity contribution in [2.45, 2.75) is 45.1 Å². The normalized spacial score (nSPS) is 12.0. The molecule has 150 valence electrons. The Morgan fingerprint density at radius 3 is 2.41 bits per heavy atom. The van der Waals surface area contributed by atoms with Gasteiger partial charge < -0.3 is 20.1 Å². The van der Waals surface area contributed by atoms with E-state index in [0.29, 0.717) is 11.5 Å². The summed E-state index contributed by atoms with van der Waals surface area (Å²) in [4.78, 5) is 35.9. The highest BCUT2D eigenvalue weighted by molar-refractivity contribution is 7.98. The molecule has 1 aromatic rings. The molecular formula is C19H28N2O5S. The van der Waals surface area contributed by atoms with Crippen molar-refractivity contribution in [2.24, 2.45) is 0 Å². The van der Waals surface area contributed by atoms with Crippen LogP contribution in [0.15, 0.2) is 30.3 Å². The molecule has 27 heavy (non-hydrogen) atoms. The first kappa shape index (κ1) is 22.8. The van der Waals surface area contributed by atoms with Crippen LogP contribution in [-0.4, -0.2) is 48.5 Å². The van der Waals surface area contributed by atoms with E-state index in [-0.39, 0.29) is 13.2 Å². The Morgan fingerprint density at radius 2 is 1.81 bits per heavy atom. The molecule has 2 N–H and O–H groups in total. The van der Waals surface area contributed by atoms with Gasteiger partial charge in [-0.1, -0.05) is 30.3 Å². The van der Waals surface area contributed by atoms with Crippen LogP contribution in [0.2, 0.25) is 0 Å². The molecule has 1 rings (SSSR count). The number of ether oxygens (including phenoxy) is 2. The van der Waals surface area contributed by atoms with Crippen molar-refractivity contribution in [3.63, 3.8) is 0 Å². The minimum atomic E-state index is -0.831. The van der Waals surface area contributed by atoms with Gasteiger partial charge >= 0.3 is 12.1 Å². The Kier molecular flexibility index (Phi) is 9.71. The Labute approximate surface area is 164 Å². The molecule has 7 nitrogen and oxygen atoms in total. The zero-order valence-electron chi connectivity index (χ0n) is 16.2. The van der Waals surface area contributed by atoms with Crippen LogP contribution in [0.1, 0.15) is 33.3 Å². The number of carbonyl (C=O) groups is 3. The highest BCUT2D eigenvalue weighted by Crippen LogP contribution is 2.14. The van der Waals surface area contributed by atoms with Crippen molar-refractivity contribution < 1.29 is 23.9 Å². The highest BCUT2D eigenvalue weighted by Gasteiger charge is 2.24. The van der Waals surface area contributed by atoms with Gasteiger partial charge in [-0.3, -0.25) is 9.59 Å². The summed E-state index contributed by atoms with van der Waals surface area (Å²) in [6.07, 6.45) is -0.681. The molecule has 0 saturated carbocycles. The summed E-state index contributed by atoms with van der Waals surface area (Å²) in [5, 5.41) is 5.06. The van der Waals surface area contributed by atoms with Crippen molar-refractivity contribution in [3.8, 4) is 0 Å². The Bertz CT molecular complexity index is 616. The highest BCUT2D eigenvalue weighted by atomic mass is 32.2. The number of hydrogen-bond donors (Lipinski definition) is 2. The largest absolute Gasteiger partial charge is 0.465 e. The zero-order valence-corrected chi connectivity index (χ0v) is 17.1. The third-order valence-corrected chi connectivity index (χ3v) is 4.22. The molecule has 0 aliphatic heterocycles. The van der Waals surface area contributed by atoms with Crippen LogP contribution in [0.25, 0.3) is 0 Å². The Balaban J connectivity index is 2.62. The number of alkyl carbamates (subject to hydrolysis) is 1. The number of esters is 1. The number of amides is 2. The van der Waals surface area contributed by atoms with E-state index in [9.17, 15) is 14.4 Å². The summed E-state index contributed by atoms with van der Waals surface area (Å²) in [7, 11) is 0. The van der Waals surface area contributed by atoms with Gasteiger partial charge in [0.2, 0.25) is 5.91 Å². The molecule has 0 fully saturated rings. The van der Waals surface area contributed by atoms with Gasteiger partial charge in [-0.25, -0.2) is 4.79 Å². The number of carbonyl (C=O) groups excluding carboxylic acids is 3. The van der Waals surface area contributed by atoms with Crippen LogP contribution < -0.4 is 10.6 Å². The lowest BCUT2D eigenvalue weighted by Crippen LogP contribution is -2.50. The summed E-state index contributed by atoms with van der Waals surface area (Å²) in [5.41, 5.74) is 0.443. The minimum absolute atomic E-state index is 0.237. The second kappa shape index (κ2) is 11.5. The first-order valence-corrected chi connectivity index (χ1v) is 9.91. The standard InChI is InChI=1S/C19H28N2O5S/c1-5-25-16(22)11-20-17(23)15(21-18(24)26-19(2,3)4)13-27-12-14-9-7-6-8-10-14/h6-10,15H,5,11-13H2,1-4H3,(H,20,23)(H,21,24). The van der Waals surface area contributed by atoms with Crippen LogP contribution in [0, 0.1) is 0 Å². The van der Waals surface area contributed by atoms with E-state index in [1.165, 1.54) is 11.8 Å². The summed E-state index contributed by atoms with van der Waals surface area (Å²) in [5.74, 6) is 0.0367. The Hall–Kier alpha value is -2.22. The van der Waals surface area contributed by atoms with Crippen LogP contribution >= 0.6 is 11.8 Å². The Morgan fingerprint density at radius 1 is 1.15 bits per heavy atom. The van der Waals surface area contributed by atoms with E-state index in [1.54, 1.807) is 27.7 Å². The fraction of sp³-hybridized carbons (Fsp3) is 0.526. The quantitative estimate of drug-likeness (QED) is 0.623. The third-order valence-electron chi connectivity index (χ3n) is 3.12. The van der Waals surface area contributed by atoms with Crippen LogP contribution in [0.4, 0.5) is 4.79 Å². The number of hydrogen-bond acceptors (Lipinski definition) is 6. The van der Waals surface area contributed by atoms with Crippen molar-refractivity contribution in [1.29, 1.82) is 0 Å². The van der Waals surface area contributed by atoms with Crippen LogP contribution in [0.3, 0.4) is 0 Å². The first-order chi connectivity index (χ1) is 12.7. The molecule has 1 aromatic carbocycles. The fourth-order valence-corrected chi connectivity index (χ4v) is 3.01. The van der Waals surface area contributed by atoms with Gasteiger partial charge in [0.1, 0.15) is 18.2 Å². The molecule has 0 saturated heterocycles. The molecule has 0 aliphatic rings. The number of thioether (sulfide) groups is 1. The van der Waals surface area contributed by atoms with E-state index in [1.807, 2.05) is 30.3 Å². The first-order valence-electron chi connectivity index (χ1n) is 8.75. The van der Waals surface area contributed by atoms with E-state index in [4.69, 9.17) is 9.47 Å². The van der Waals surface area contributed by atoms with E-state index in [2.05, 4.69) is 10.6 Å². The average Bonchev–Trinajstić information content (AvgIpc) is 2.58. The van der Waals surface area contributed by atoms with Gasteiger partial charge in [0.05, 0.1) is 6.61 Å². The van der Waals surface area contributed by atoms with Gasteiger partial charge in [-0.2, -0.15) is 11.8 Å². The van der Waals surface area contributed by atoms with Crippen LogP contribution in [-0.2, 0) is 24.8 Å². The van der Waals surface area contributed by atoms with Gasteiger partial charge in [0.15, 0.2) is 0 Å². The number of benzene rings is 1. The molecule has 0 bridgehead atoms. The molecule has 0 heterocycles.